The van der Waals surface area contributed by atoms with Gasteiger partial charge in [-0.1, -0.05) is 0 Å². The van der Waals surface area contributed by atoms with Crippen molar-refractivity contribution in [2.75, 3.05) is 6.61 Å². The van der Waals surface area contributed by atoms with E-state index < -0.39 is 40.9 Å². The molecule has 1 saturated heterocycles. The molecule has 0 amide bonds. The number of aromatic amines is 2. The van der Waals surface area contributed by atoms with Gasteiger partial charge < -0.3 is 20.1 Å². The third-order valence-corrected chi connectivity index (χ3v) is 4.89. The largest absolute Gasteiger partial charge is 0.393 e. The van der Waals surface area contributed by atoms with Crippen LogP contribution in [0.3, 0.4) is 0 Å². The second-order valence-corrected chi connectivity index (χ2v) is 6.34. The Morgan fingerprint density at radius 1 is 1.30 bits per heavy atom. The fourth-order valence-corrected chi connectivity index (χ4v) is 2.90. The summed E-state index contributed by atoms with van der Waals surface area (Å²) in [7, 11) is 0. The molecule has 126 valence electrons. The molecule has 1 fully saturated rings. The van der Waals surface area contributed by atoms with Gasteiger partial charge in [0.25, 0.3) is 5.56 Å². The molecule has 10 nitrogen and oxygen atoms in total. The SMILES string of the molecule is CC1(O)[C@@](C)(CO)O[C@@H](n2cnc3c(=O)[nH]c(=O)[nH]c32)[C@@]1(C)O. The standard InChI is InChI=1S/C13H18N4O6/c1-11(4-18)13(3,22)12(2,21)9(23-11)17-5-14-6-7(17)15-10(20)16-8(6)19/h5,9,18,21-22H,4H2,1-3H3,(H2,15,16,19,20)/t9-,11-,12-,13?/m1/s1. The number of hydrogen-bond donors (Lipinski definition) is 5. The molecule has 23 heavy (non-hydrogen) atoms. The summed E-state index contributed by atoms with van der Waals surface area (Å²) in [6.07, 6.45) is 0.0332. The molecule has 1 aliphatic rings. The lowest BCUT2D eigenvalue weighted by atomic mass is 9.76. The number of aromatic nitrogens is 4. The van der Waals surface area contributed by atoms with Crippen molar-refractivity contribution in [3.8, 4) is 0 Å². The molecular formula is C13H18N4O6. The predicted octanol–water partition coefficient (Wildman–Crippen LogP) is -1.81. The quantitative estimate of drug-likeness (QED) is 0.436. The monoisotopic (exact) mass is 326 g/mol. The number of ether oxygens (including phenoxy) is 1. The molecular weight excluding hydrogens is 308 g/mol. The minimum Gasteiger partial charge on any atom is -0.393 e. The molecule has 0 aromatic carbocycles. The predicted molar refractivity (Wildman–Crippen MR) is 77.8 cm³/mol. The second kappa shape index (κ2) is 4.51. The highest BCUT2D eigenvalue weighted by Crippen LogP contribution is 2.51. The molecule has 1 unspecified atom stereocenters. The zero-order chi connectivity index (χ0) is 17.2. The molecule has 3 heterocycles. The van der Waals surface area contributed by atoms with Gasteiger partial charge in [-0.3, -0.25) is 19.3 Å². The Labute approximate surface area is 129 Å². The Balaban J connectivity index is 2.24. The highest BCUT2D eigenvalue weighted by atomic mass is 16.6. The van der Waals surface area contributed by atoms with E-state index in [0.29, 0.717) is 0 Å². The summed E-state index contributed by atoms with van der Waals surface area (Å²) in [5.74, 6) is 0. The van der Waals surface area contributed by atoms with Gasteiger partial charge in [0.15, 0.2) is 11.7 Å². The van der Waals surface area contributed by atoms with Gasteiger partial charge in [0.05, 0.1) is 12.9 Å². The average Bonchev–Trinajstić information content (AvgIpc) is 2.92. The second-order valence-electron chi connectivity index (χ2n) is 6.34. The number of hydrogen-bond acceptors (Lipinski definition) is 7. The summed E-state index contributed by atoms with van der Waals surface area (Å²) in [4.78, 5) is 31.6. The third kappa shape index (κ3) is 1.86. The maximum atomic E-state index is 11.8. The van der Waals surface area contributed by atoms with Gasteiger partial charge in [-0.05, 0) is 20.8 Å². The zero-order valence-electron chi connectivity index (χ0n) is 12.8. The molecule has 2 aromatic rings. The Bertz CT molecular complexity index is 878. The van der Waals surface area contributed by atoms with E-state index >= 15 is 0 Å². The van der Waals surface area contributed by atoms with Crippen molar-refractivity contribution < 1.29 is 20.1 Å². The number of aliphatic hydroxyl groups is 3. The van der Waals surface area contributed by atoms with Gasteiger partial charge in [-0.15, -0.1) is 0 Å². The maximum absolute atomic E-state index is 11.8. The number of imidazole rings is 1. The fraction of sp³-hybridized carbons (Fsp3) is 0.615. The molecule has 10 heteroatoms. The van der Waals surface area contributed by atoms with E-state index in [-0.39, 0.29) is 11.2 Å². The first kappa shape index (κ1) is 15.9. The summed E-state index contributed by atoms with van der Waals surface area (Å²) < 4.78 is 6.95. The first-order chi connectivity index (χ1) is 10.5. The minimum atomic E-state index is -1.84. The number of nitrogens with one attached hydrogen (secondary N) is 2. The zero-order valence-corrected chi connectivity index (χ0v) is 12.8. The summed E-state index contributed by atoms with van der Waals surface area (Å²) >= 11 is 0. The highest BCUT2D eigenvalue weighted by molar-refractivity contribution is 5.69. The van der Waals surface area contributed by atoms with Gasteiger partial charge >= 0.3 is 5.69 Å². The molecule has 0 aliphatic carbocycles. The fourth-order valence-electron chi connectivity index (χ4n) is 2.90. The van der Waals surface area contributed by atoms with Crippen LogP contribution in [0.25, 0.3) is 11.2 Å². The molecule has 2 aromatic heterocycles. The van der Waals surface area contributed by atoms with E-state index in [1.54, 1.807) is 0 Å². The van der Waals surface area contributed by atoms with Crippen molar-refractivity contribution in [2.24, 2.45) is 0 Å². The van der Waals surface area contributed by atoms with Crippen LogP contribution in [0.4, 0.5) is 0 Å². The van der Waals surface area contributed by atoms with Crippen molar-refractivity contribution in [3.05, 3.63) is 27.2 Å². The van der Waals surface area contributed by atoms with Crippen LogP contribution in [0, 0.1) is 0 Å². The van der Waals surface area contributed by atoms with Crippen LogP contribution in [-0.4, -0.2) is 58.2 Å². The summed E-state index contributed by atoms with van der Waals surface area (Å²) in [5.41, 5.74) is -6.52. The van der Waals surface area contributed by atoms with Crippen LogP contribution in [0.5, 0.6) is 0 Å². The smallest absolute Gasteiger partial charge is 0.327 e. The van der Waals surface area contributed by atoms with Crippen molar-refractivity contribution in [2.45, 2.75) is 43.8 Å². The number of fused-ring (bicyclic) bond motifs is 1. The molecule has 0 radical (unpaired) electrons. The van der Waals surface area contributed by atoms with Crippen LogP contribution in [-0.2, 0) is 4.74 Å². The molecule has 1 aliphatic heterocycles. The third-order valence-electron chi connectivity index (χ3n) is 4.89. The van der Waals surface area contributed by atoms with Crippen LogP contribution in [0.2, 0.25) is 0 Å². The van der Waals surface area contributed by atoms with Gasteiger partial charge in [0, 0.05) is 0 Å². The summed E-state index contributed by atoms with van der Waals surface area (Å²) in [6, 6.07) is 0. The van der Waals surface area contributed by atoms with E-state index in [1.807, 2.05) is 4.98 Å². The molecule has 0 saturated carbocycles. The first-order valence-electron chi connectivity index (χ1n) is 6.98. The number of nitrogens with zero attached hydrogens (tertiary/aromatic N) is 2. The van der Waals surface area contributed by atoms with Gasteiger partial charge in [-0.2, -0.15) is 0 Å². The Hall–Kier alpha value is -2.01. The van der Waals surface area contributed by atoms with E-state index in [0.717, 1.165) is 0 Å². The first-order valence-corrected chi connectivity index (χ1v) is 6.98. The summed E-state index contributed by atoms with van der Waals surface area (Å²) in [6.45, 7) is 3.60. The van der Waals surface area contributed by atoms with Crippen molar-refractivity contribution >= 4 is 11.2 Å². The van der Waals surface area contributed by atoms with Crippen molar-refractivity contribution in [3.63, 3.8) is 0 Å². The van der Waals surface area contributed by atoms with Crippen molar-refractivity contribution in [1.82, 2.24) is 19.5 Å². The molecule has 5 N–H and O–H groups in total. The normalized spacial score (nSPS) is 37.6. The number of aliphatic hydroxyl groups excluding tert-OH is 1. The Morgan fingerprint density at radius 2 is 1.96 bits per heavy atom. The topological polar surface area (TPSA) is 153 Å². The highest BCUT2D eigenvalue weighted by Gasteiger charge is 2.67. The molecule has 0 spiro atoms. The van der Waals surface area contributed by atoms with Crippen LogP contribution in [0.15, 0.2) is 15.9 Å². The lowest BCUT2D eigenvalue weighted by molar-refractivity contribution is -0.162. The van der Waals surface area contributed by atoms with E-state index in [9.17, 15) is 24.9 Å². The lowest BCUT2D eigenvalue weighted by Crippen LogP contribution is -2.60. The Morgan fingerprint density at radius 3 is 2.52 bits per heavy atom. The van der Waals surface area contributed by atoms with Gasteiger partial charge in [-0.25, -0.2) is 9.78 Å². The minimum absolute atomic E-state index is 0.0405. The van der Waals surface area contributed by atoms with Crippen molar-refractivity contribution in [1.29, 1.82) is 0 Å². The summed E-state index contributed by atoms with van der Waals surface area (Å²) in [5, 5.41) is 31.1. The van der Waals surface area contributed by atoms with E-state index in [4.69, 9.17) is 4.74 Å². The lowest BCUT2D eigenvalue weighted by Gasteiger charge is -2.39. The molecule has 0 bridgehead atoms. The molecule has 3 rings (SSSR count). The Kier molecular flexibility index (Phi) is 3.11. The average molecular weight is 326 g/mol. The molecule has 4 atom stereocenters. The van der Waals surface area contributed by atoms with Crippen LogP contribution in [0.1, 0.15) is 27.0 Å². The van der Waals surface area contributed by atoms with Gasteiger partial charge in [0.1, 0.15) is 22.5 Å². The number of rotatable bonds is 2. The van der Waals surface area contributed by atoms with Crippen LogP contribution >= 0.6 is 0 Å². The maximum Gasteiger partial charge on any atom is 0.327 e. The van der Waals surface area contributed by atoms with Gasteiger partial charge in [0.2, 0.25) is 0 Å². The van der Waals surface area contributed by atoms with Crippen LogP contribution < -0.4 is 11.2 Å². The number of H-pyrrole nitrogens is 2. The van der Waals surface area contributed by atoms with E-state index in [2.05, 4.69) is 9.97 Å². The van der Waals surface area contributed by atoms with E-state index in [1.165, 1.54) is 31.7 Å².